The molecule has 1 unspecified atom stereocenters. The molecule has 0 aliphatic heterocycles. The topological polar surface area (TPSA) is 79.2 Å². The van der Waals surface area contributed by atoms with Crippen molar-refractivity contribution in [2.75, 3.05) is 5.75 Å². The molecule has 0 heterocycles. The van der Waals surface area contributed by atoms with Crippen LogP contribution in [0.4, 0.5) is 0 Å². The zero-order valence-electron chi connectivity index (χ0n) is 16.3. The van der Waals surface area contributed by atoms with E-state index in [2.05, 4.69) is 37.4 Å². The number of carbonyl (C=O) groups is 2. The lowest BCUT2D eigenvalue weighted by molar-refractivity contribution is -0.155. The average molecular weight is 389 g/mol. The first-order valence-electron chi connectivity index (χ1n) is 9.48. The average Bonchev–Trinajstić information content (AvgIpc) is 2.65. The molecule has 27 heavy (non-hydrogen) atoms. The minimum Gasteiger partial charge on any atom is -0.453 e. The lowest BCUT2D eigenvalue weighted by Crippen LogP contribution is -2.52. The third kappa shape index (κ3) is 6.28. The van der Waals surface area contributed by atoms with Gasteiger partial charge in [-0.2, -0.15) is 5.26 Å². The van der Waals surface area contributed by atoms with Crippen molar-refractivity contribution in [2.45, 2.75) is 75.8 Å². The molecular weight excluding hydrogens is 360 g/mol. The van der Waals surface area contributed by atoms with E-state index in [1.165, 1.54) is 11.1 Å². The van der Waals surface area contributed by atoms with Crippen molar-refractivity contribution < 1.29 is 14.3 Å². The molecule has 0 aromatic heterocycles. The first kappa shape index (κ1) is 21.3. The quantitative estimate of drug-likeness (QED) is 0.563. The fourth-order valence-electron chi connectivity index (χ4n) is 3.12. The van der Waals surface area contributed by atoms with Crippen LogP contribution in [0.25, 0.3) is 0 Å². The highest BCUT2D eigenvalue weighted by atomic mass is 32.2. The van der Waals surface area contributed by atoms with Crippen molar-refractivity contribution in [1.29, 1.82) is 5.26 Å². The fourth-order valence-corrected chi connectivity index (χ4v) is 4.05. The van der Waals surface area contributed by atoms with Gasteiger partial charge in [-0.3, -0.25) is 9.59 Å². The van der Waals surface area contributed by atoms with Crippen LogP contribution in [0, 0.1) is 25.2 Å². The molecule has 1 fully saturated rings. The predicted molar refractivity (Wildman–Crippen MR) is 106 cm³/mol. The van der Waals surface area contributed by atoms with E-state index in [-0.39, 0.29) is 6.42 Å². The molecular formula is C21H28N2O3S. The molecule has 1 aliphatic carbocycles. The molecule has 2 rings (SSSR count). The Hall–Kier alpha value is -2.00. The summed E-state index contributed by atoms with van der Waals surface area (Å²) >= 11 is 1.59. The molecule has 0 saturated heterocycles. The lowest BCUT2D eigenvalue weighted by Gasteiger charge is -2.32. The zero-order chi connectivity index (χ0) is 19.9. The molecule has 0 bridgehead atoms. The second kappa shape index (κ2) is 9.80. The van der Waals surface area contributed by atoms with Gasteiger partial charge in [0.2, 0.25) is 0 Å². The van der Waals surface area contributed by atoms with E-state index in [9.17, 15) is 14.9 Å². The number of thioether (sulfide) groups is 1. The van der Waals surface area contributed by atoms with Gasteiger partial charge in [0, 0.05) is 10.6 Å². The van der Waals surface area contributed by atoms with E-state index in [0.717, 1.165) is 24.2 Å². The van der Waals surface area contributed by atoms with Gasteiger partial charge < -0.3 is 10.1 Å². The molecule has 146 valence electrons. The first-order chi connectivity index (χ1) is 12.8. The normalized spacial score (nSPS) is 16.8. The molecule has 0 spiro atoms. The molecule has 1 aromatic carbocycles. The number of nitrogens with zero attached hydrogens (tertiary/aromatic N) is 1. The molecule has 1 amide bonds. The SMILES string of the molecule is Cc1ccc(SCCC(=O)OC(C)C(=O)NC2(C#N)CCCCC2)cc1C. The molecule has 0 radical (unpaired) electrons. The van der Waals surface area contributed by atoms with E-state index in [0.29, 0.717) is 18.6 Å². The van der Waals surface area contributed by atoms with Crippen molar-refractivity contribution in [1.82, 2.24) is 5.32 Å². The van der Waals surface area contributed by atoms with Gasteiger partial charge in [-0.05, 0) is 56.9 Å². The van der Waals surface area contributed by atoms with Crippen LogP contribution >= 0.6 is 11.8 Å². The van der Waals surface area contributed by atoms with Gasteiger partial charge >= 0.3 is 5.97 Å². The summed E-state index contributed by atoms with van der Waals surface area (Å²) in [5, 5.41) is 12.2. The number of esters is 1. The standard InChI is InChI=1S/C21H28N2O3S/c1-15-7-8-18(13-16(15)2)27-12-9-19(24)26-17(3)20(25)23-21(14-22)10-5-4-6-11-21/h7-8,13,17H,4-6,9-12H2,1-3H3,(H,23,25). The second-order valence-corrected chi connectivity index (χ2v) is 8.39. The number of nitriles is 1. The third-order valence-corrected chi connectivity index (χ3v) is 6.01. The van der Waals surface area contributed by atoms with E-state index < -0.39 is 23.5 Å². The molecule has 5 nitrogen and oxygen atoms in total. The number of benzene rings is 1. The monoisotopic (exact) mass is 388 g/mol. The summed E-state index contributed by atoms with van der Waals surface area (Å²) in [7, 11) is 0. The number of hydrogen-bond acceptors (Lipinski definition) is 5. The molecule has 1 saturated carbocycles. The Morgan fingerprint density at radius 2 is 1.96 bits per heavy atom. The Bertz CT molecular complexity index is 721. The Morgan fingerprint density at radius 1 is 1.26 bits per heavy atom. The number of amides is 1. The van der Waals surface area contributed by atoms with Crippen LogP contribution in [0.2, 0.25) is 0 Å². The highest BCUT2D eigenvalue weighted by Gasteiger charge is 2.35. The highest BCUT2D eigenvalue weighted by Crippen LogP contribution is 2.27. The van der Waals surface area contributed by atoms with Crippen LogP contribution in [-0.2, 0) is 14.3 Å². The summed E-state index contributed by atoms with van der Waals surface area (Å²) in [5.74, 6) is -0.199. The van der Waals surface area contributed by atoms with Crippen molar-refractivity contribution in [3.63, 3.8) is 0 Å². The maximum atomic E-state index is 12.3. The smallest absolute Gasteiger partial charge is 0.307 e. The van der Waals surface area contributed by atoms with Crippen molar-refractivity contribution in [3.05, 3.63) is 29.3 Å². The van der Waals surface area contributed by atoms with Gasteiger partial charge in [-0.1, -0.05) is 25.3 Å². The van der Waals surface area contributed by atoms with Crippen molar-refractivity contribution >= 4 is 23.6 Å². The zero-order valence-corrected chi connectivity index (χ0v) is 17.2. The molecule has 1 aromatic rings. The Balaban J connectivity index is 1.76. The molecule has 6 heteroatoms. The third-order valence-electron chi connectivity index (χ3n) is 5.01. The van der Waals surface area contributed by atoms with Gasteiger partial charge in [0.1, 0.15) is 5.54 Å². The predicted octanol–water partition coefficient (Wildman–Crippen LogP) is 4.06. The summed E-state index contributed by atoms with van der Waals surface area (Å²) in [6.45, 7) is 5.68. The molecule has 1 atom stereocenters. The summed E-state index contributed by atoms with van der Waals surface area (Å²) in [6, 6.07) is 8.46. The number of nitrogens with one attached hydrogen (secondary N) is 1. The van der Waals surface area contributed by atoms with Crippen molar-refractivity contribution in [2.24, 2.45) is 0 Å². The van der Waals surface area contributed by atoms with Gasteiger partial charge in [0.15, 0.2) is 6.10 Å². The van der Waals surface area contributed by atoms with Crippen LogP contribution in [0.5, 0.6) is 0 Å². The fraction of sp³-hybridized carbons (Fsp3) is 0.571. The maximum absolute atomic E-state index is 12.3. The van der Waals surface area contributed by atoms with E-state index in [1.54, 1.807) is 18.7 Å². The Morgan fingerprint density at radius 3 is 2.59 bits per heavy atom. The van der Waals surface area contributed by atoms with Crippen LogP contribution in [0.15, 0.2) is 23.1 Å². The molecule has 1 aliphatic rings. The maximum Gasteiger partial charge on any atom is 0.307 e. The summed E-state index contributed by atoms with van der Waals surface area (Å²) in [6.07, 6.45) is 3.59. The minimum atomic E-state index is -0.892. The van der Waals surface area contributed by atoms with Crippen LogP contribution in [0.3, 0.4) is 0 Å². The minimum absolute atomic E-state index is 0.235. The lowest BCUT2D eigenvalue weighted by atomic mass is 9.83. The number of ether oxygens (including phenoxy) is 1. The number of rotatable bonds is 7. The number of carbonyl (C=O) groups excluding carboxylic acids is 2. The second-order valence-electron chi connectivity index (χ2n) is 7.22. The Kier molecular flexibility index (Phi) is 7.73. The van der Waals surface area contributed by atoms with Gasteiger partial charge in [0.25, 0.3) is 5.91 Å². The van der Waals surface area contributed by atoms with E-state index >= 15 is 0 Å². The number of hydrogen-bond donors (Lipinski definition) is 1. The Labute approximate surface area is 165 Å². The van der Waals surface area contributed by atoms with Gasteiger partial charge in [-0.15, -0.1) is 11.8 Å². The molecule has 1 N–H and O–H groups in total. The van der Waals surface area contributed by atoms with Crippen molar-refractivity contribution in [3.8, 4) is 6.07 Å². The van der Waals surface area contributed by atoms with Crippen LogP contribution < -0.4 is 5.32 Å². The van der Waals surface area contributed by atoms with E-state index in [4.69, 9.17) is 4.74 Å². The summed E-state index contributed by atoms with van der Waals surface area (Å²) in [5.41, 5.74) is 1.66. The van der Waals surface area contributed by atoms with E-state index in [1.807, 2.05) is 6.07 Å². The van der Waals surface area contributed by atoms with Crippen LogP contribution in [-0.4, -0.2) is 29.3 Å². The number of aryl methyl sites for hydroxylation is 2. The van der Waals surface area contributed by atoms with Gasteiger partial charge in [-0.25, -0.2) is 0 Å². The summed E-state index contributed by atoms with van der Waals surface area (Å²) in [4.78, 5) is 25.5. The summed E-state index contributed by atoms with van der Waals surface area (Å²) < 4.78 is 5.25. The first-order valence-corrected chi connectivity index (χ1v) is 10.5. The van der Waals surface area contributed by atoms with Crippen LogP contribution in [0.1, 0.15) is 56.6 Å². The highest BCUT2D eigenvalue weighted by molar-refractivity contribution is 7.99. The van der Waals surface area contributed by atoms with Gasteiger partial charge in [0.05, 0.1) is 12.5 Å². The largest absolute Gasteiger partial charge is 0.453 e.